The Bertz CT molecular complexity index is 1620. The number of hydrogen-bond acceptors (Lipinski definition) is 5. The number of nitrogens with one attached hydrogen (secondary N) is 2. The minimum absolute atomic E-state index is 0.183. The molecule has 0 aliphatic heterocycles. The van der Waals surface area contributed by atoms with E-state index in [4.69, 9.17) is 9.84 Å². The largest absolute Gasteiger partial charge is 0.438 e. The van der Waals surface area contributed by atoms with Crippen molar-refractivity contribution >= 4 is 28.3 Å². The highest BCUT2D eigenvalue weighted by Gasteiger charge is 2.22. The number of carbonyl (C=O) groups is 1. The zero-order valence-electron chi connectivity index (χ0n) is 22.1. The number of hydrogen-bond donors (Lipinski definition) is 2. The predicted octanol–water partition coefficient (Wildman–Crippen LogP) is 7.17. The van der Waals surface area contributed by atoms with Gasteiger partial charge < -0.3 is 10.1 Å². The van der Waals surface area contributed by atoms with E-state index in [1.807, 2.05) is 80.6 Å². The molecule has 2 amide bonds. The van der Waals surface area contributed by atoms with Crippen LogP contribution in [0.25, 0.3) is 16.5 Å². The van der Waals surface area contributed by atoms with E-state index in [9.17, 15) is 4.79 Å². The van der Waals surface area contributed by atoms with Gasteiger partial charge in [0.15, 0.2) is 0 Å². The monoisotopic (exact) mass is 506 g/mol. The van der Waals surface area contributed by atoms with Crippen LogP contribution >= 0.6 is 0 Å². The van der Waals surface area contributed by atoms with E-state index < -0.39 is 0 Å². The summed E-state index contributed by atoms with van der Waals surface area (Å²) in [5.74, 6) is 2.30. The average Bonchev–Trinajstić information content (AvgIpc) is 3.30. The van der Waals surface area contributed by atoms with Crippen LogP contribution < -0.4 is 15.4 Å². The van der Waals surface area contributed by atoms with Crippen LogP contribution in [0.15, 0.2) is 79.0 Å². The number of rotatable bonds is 5. The lowest BCUT2D eigenvalue weighted by Gasteiger charge is -2.14. The Balaban J connectivity index is 1.43. The molecule has 0 atom stereocenters. The molecule has 0 spiro atoms. The first-order valence-electron chi connectivity index (χ1n) is 12.4. The van der Waals surface area contributed by atoms with Gasteiger partial charge in [0, 0.05) is 34.5 Å². The number of aromatic nitrogens is 4. The van der Waals surface area contributed by atoms with Gasteiger partial charge >= 0.3 is 6.03 Å². The molecule has 38 heavy (non-hydrogen) atoms. The first-order chi connectivity index (χ1) is 18.2. The van der Waals surface area contributed by atoms with Crippen molar-refractivity contribution in [1.29, 1.82) is 0 Å². The SMILES string of the molecule is Cc1ccc(-n2nc(C(C)(C)C)cc2NC(=O)Nc2ccc(Oc3ccnc(C)n3)c3ccccc23)cc1. The lowest BCUT2D eigenvalue weighted by atomic mass is 9.92. The van der Waals surface area contributed by atoms with Gasteiger partial charge in [-0.25, -0.2) is 14.5 Å². The fourth-order valence-corrected chi connectivity index (χ4v) is 4.06. The minimum atomic E-state index is -0.371. The van der Waals surface area contributed by atoms with Crippen molar-refractivity contribution in [3.63, 3.8) is 0 Å². The Morgan fingerprint density at radius 3 is 2.34 bits per heavy atom. The maximum absolute atomic E-state index is 13.2. The zero-order valence-corrected chi connectivity index (χ0v) is 22.1. The van der Waals surface area contributed by atoms with Crippen molar-refractivity contribution in [2.24, 2.45) is 0 Å². The van der Waals surface area contributed by atoms with Gasteiger partial charge in [0.05, 0.1) is 17.1 Å². The Hall–Kier alpha value is -4.72. The number of amides is 2. The standard InChI is InChI=1S/C30H30N6O2/c1-19-10-12-21(13-11-19)36-27(18-26(35-36)30(3,4)5)34-29(37)33-24-14-15-25(23-9-7-6-8-22(23)24)38-28-16-17-31-20(2)32-28/h6-18H,1-5H3,(H2,33,34,37). The fraction of sp³-hybridized carbons (Fsp3) is 0.200. The van der Waals surface area contributed by atoms with Crippen LogP contribution in [-0.4, -0.2) is 25.8 Å². The topological polar surface area (TPSA) is 94.0 Å². The number of urea groups is 1. The third kappa shape index (κ3) is 5.34. The molecule has 0 aliphatic rings. The van der Waals surface area contributed by atoms with Crippen molar-refractivity contribution in [2.45, 2.75) is 40.0 Å². The fourth-order valence-electron chi connectivity index (χ4n) is 4.06. The van der Waals surface area contributed by atoms with Gasteiger partial charge in [-0.2, -0.15) is 10.1 Å². The van der Waals surface area contributed by atoms with E-state index >= 15 is 0 Å². The highest BCUT2D eigenvalue weighted by atomic mass is 16.5. The van der Waals surface area contributed by atoms with Crippen molar-refractivity contribution < 1.29 is 9.53 Å². The lowest BCUT2D eigenvalue weighted by molar-refractivity contribution is 0.262. The molecule has 3 aromatic carbocycles. The third-order valence-electron chi connectivity index (χ3n) is 6.10. The summed E-state index contributed by atoms with van der Waals surface area (Å²) in [6, 6.07) is 22.7. The average molecular weight is 507 g/mol. The quantitative estimate of drug-likeness (QED) is 0.264. The summed E-state index contributed by atoms with van der Waals surface area (Å²) in [6.07, 6.45) is 1.66. The van der Waals surface area contributed by atoms with Crippen molar-refractivity contribution in [1.82, 2.24) is 19.7 Å². The highest BCUT2D eigenvalue weighted by Crippen LogP contribution is 2.34. The zero-order chi connectivity index (χ0) is 26.9. The van der Waals surface area contributed by atoms with E-state index in [1.165, 1.54) is 0 Å². The molecule has 0 aliphatic carbocycles. The third-order valence-corrected chi connectivity index (χ3v) is 6.10. The molecular weight excluding hydrogens is 476 g/mol. The number of benzene rings is 3. The first-order valence-corrected chi connectivity index (χ1v) is 12.4. The van der Waals surface area contributed by atoms with E-state index in [0.717, 1.165) is 27.7 Å². The number of nitrogens with zero attached hydrogens (tertiary/aromatic N) is 4. The predicted molar refractivity (Wildman–Crippen MR) is 150 cm³/mol. The summed E-state index contributed by atoms with van der Waals surface area (Å²) in [6.45, 7) is 10.1. The molecule has 0 unspecified atom stereocenters. The van der Waals surface area contributed by atoms with Crippen LogP contribution in [0.1, 0.15) is 37.9 Å². The first kappa shape index (κ1) is 25.0. The van der Waals surface area contributed by atoms with Crippen LogP contribution in [0.3, 0.4) is 0 Å². The molecule has 0 saturated carbocycles. The maximum Gasteiger partial charge on any atom is 0.324 e. The normalized spacial score (nSPS) is 11.4. The summed E-state index contributed by atoms with van der Waals surface area (Å²) in [5.41, 5.74) is 3.37. The molecular formula is C30H30N6O2. The van der Waals surface area contributed by atoms with Gasteiger partial charge in [0.25, 0.3) is 0 Å². The summed E-state index contributed by atoms with van der Waals surface area (Å²) in [7, 11) is 0. The highest BCUT2D eigenvalue weighted by molar-refractivity contribution is 6.07. The molecule has 0 radical (unpaired) electrons. The molecule has 192 valence electrons. The van der Waals surface area contributed by atoms with Gasteiger partial charge in [-0.1, -0.05) is 62.7 Å². The molecule has 2 heterocycles. The van der Waals surface area contributed by atoms with Crippen LogP contribution in [0, 0.1) is 13.8 Å². The molecule has 8 heteroatoms. The van der Waals surface area contributed by atoms with Gasteiger partial charge in [-0.15, -0.1) is 0 Å². The Morgan fingerprint density at radius 1 is 0.895 bits per heavy atom. The number of aryl methyl sites for hydroxylation is 2. The van der Waals surface area contributed by atoms with E-state index in [-0.39, 0.29) is 11.4 Å². The number of fused-ring (bicyclic) bond motifs is 1. The van der Waals surface area contributed by atoms with E-state index in [2.05, 4.69) is 41.4 Å². The molecule has 0 saturated heterocycles. The van der Waals surface area contributed by atoms with Crippen LogP contribution in [0.4, 0.5) is 16.3 Å². The minimum Gasteiger partial charge on any atom is -0.438 e. The smallest absolute Gasteiger partial charge is 0.324 e. The van der Waals surface area contributed by atoms with Crippen molar-refractivity contribution in [2.75, 3.05) is 10.6 Å². The van der Waals surface area contributed by atoms with Gasteiger partial charge in [-0.05, 0) is 38.1 Å². The molecule has 5 rings (SSSR count). The molecule has 5 aromatic rings. The molecule has 2 N–H and O–H groups in total. The second kappa shape index (κ2) is 9.97. The Morgan fingerprint density at radius 2 is 1.63 bits per heavy atom. The second-order valence-electron chi connectivity index (χ2n) is 10.2. The summed E-state index contributed by atoms with van der Waals surface area (Å²) < 4.78 is 7.81. The summed E-state index contributed by atoms with van der Waals surface area (Å²) in [4.78, 5) is 21.7. The summed E-state index contributed by atoms with van der Waals surface area (Å²) >= 11 is 0. The van der Waals surface area contributed by atoms with E-state index in [1.54, 1.807) is 16.9 Å². The molecule has 2 aromatic heterocycles. The van der Waals surface area contributed by atoms with Crippen molar-refractivity contribution in [3.05, 3.63) is 96.1 Å². The second-order valence-corrected chi connectivity index (χ2v) is 10.2. The van der Waals surface area contributed by atoms with Gasteiger partial charge in [0.1, 0.15) is 17.4 Å². The maximum atomic E-state index is 13.2. The van der Waals surface area contributed by atoms with Gasteiger partial charge in [0.2, 0.25) is 5.88 Å². The van der Waals surface area contributed by atoms with Crippen LogP contribution in [-0.2, 0) is 5.41 Å². The molecule has 8 nitrogen and oxygen atoms in total. The lowest BCUT2D eigenvalue weighted by Crippen LogP contribution is -2.21. The number of anilines is 2. The van der Waals surface area contributed by atoms with Crippen LogP contribution in [0.2, 0.25) is 0 Å². The Kier molecular flexibility index (Phi) is 6.55. The number of ether oxygens (including phenoxy) is 1. The van der Waals surface area contributed by atoms with Crippen molar-refractivity contribution in [3.8, 4) is 17.3 Å². The molecule has 0 bridgehead atoms. The Labute approximate surface area is 221 Å². The van der Waals surface area contributed by atoms with Gasteiger partial charge in [-0.3, -0.25) is 5.32 Å². The summed E-state index contributed by atoms with van der Waals surface area (Å²) in [5, 5.41) is 12.5. The number of carbonyl (C=O) groups excluding carboxylic acids is 1. The molecule has 0 fully saturated rings. The van der Waals surface area contributed by atoms with Crippen LogP contribution in [0.5, 0.6) is 11.6 Å². The van der Waals surface area contributed by atoms with E-state index in [0.29, 0.717) is 29.0 Å².